The van der Waals surface area contributed by atoms with Gasteiger partial charge in [0, 0.05) is 49.5 Å². The number of carbonyl (C=O) groups excluding carboxylic acids is 1. The largest absolute Gasteiger partial charge is 0.497 e. The van der Waals surface area contributed by atoms with Crippen molar-refractivity contribution in [2.75, 3.05) is 47.1 Å². The Balaban J connectivity index is 1.41. The molecule has 192 valence electrons. The molecule has 0 aromatic heterocycles. The topological polar surface area (TPSA) is 72.8 Å². The molecule has 0 unspecified atom stereocenters. The Hall–Kier alpha value is -2.94. The van der Waals surface area contributed by atoms with Crippen molar-refractivity contribution >= 4 is 11.6 Å². The highest BCUT2D eigenvalue weighted by Crippen LogP contribution is 2.40. The number of aryl methyl sites for hydroxylation is 2. The van der Waals surface area contributed by atoms with Crippen LogP contribution in [0.15, 0.2) is 41.5 Å². The van der Waals surface area contributed by atoms with Crippen LogP contribution in [0.25, 0.3) is 0 Å². The summed E-state index contributed by atoms with van der Waals surface area (Å²) >= 11 is 0. The highest BCUT2D eigenvalue weighted by molar-refractivity contribution is 6.04. The van der Waals surface area contributed by atoms with Gasteiger partial charge in [0.15, 0.2) is 5.79 Å². The lowest BCUT2D eigenvalue weighted by Crippen LogP contribution is -2.48. The summed E-state index contributed by atoms with van der Waals surface area (Å²) in [6.45, 7) is 7.28. The molecule has 0 saturated carbocycles. The summed E-state index contributed by atoms with van der Waals surface area (Å²) in [5, 5.41) is 6.56. The van der Waals surface area contributed by atoms with Gasteiger partial charge in [-0.3, -0.25) is 9.69 Å². The van der Waals surface area contributed by atoms with E-state index >= 15 is 0 Å². The summed E-state index contributed by atoms with van der Waals surface area (Å²) in [5.41, 5.74) is 5.26. The van der Waals surface area contributed by atoms with E-state index in [-0.39, 0.29) is 11.9 Å². The molecule has 2 aromatic rings. The smallest absolute Gasteiger partial charge is 0.257 e. The van der Waals surface area contributed by atoms with Gasteiger partial charge in [-0.05, 0) is 31.5 Å². The SMILES string of the molecule is COc1ccc([C@@H]2CC(c3ccc(C)cc3C)=NN2C(=O)CN2CCC3(CC2)OCCO3)c(OC)c1. The Kier molecular flexibility index (Phi) is 7.01. The lowest BCUT2D eigenvalue weighted by Gasteiger charge is -2.37. The monoisotopic (exact) mass is 493 g/mol. The maximum absolute atomic E-state index is 13.7. The van der Waals surface area contributed by atoms with Crippen LogP contribution >= 0.6 is 0 Å². The van der Waals surface area contributed by atoms with Crippen LogP contribution in [0.3, 0.4) is 0 Å². The number of ether oxygens (including phenoxy) is 4. The summed E-state index contributed by atoms with van der Waals surface area (Å²) in [5.74, 6) is 0.910. The molecule has 5 rings (SSSR count). The van der Waals surface area contributed by atoms with Crippen LogP contribution in [0.1, 0.15) is 47.6 Å². The molecule has 1 amide bonds. The highest BCUT2D eigenvalue weighted by Gasteiger charge is 2.41. The van der Waals surface area contributed by atoms with Gasteiger partial charge >= 0.3 is 0 Å². The lowest BCUT2D eigenvalue weighted by molar-refractivity contribution is -0.186. The number of methoxy groups -OCH3 is 2. The van der Waals surface area contributed by atoms with Gasteiger partial charge in [0.1, 0.15) is 11.5 Å². The third-order valence-corrected chi connectivity index (χ3v) is 7.45. The fraction of sp³-hybridized carbons (Fsp3) is 0.500. The zero-order valence-electron chi connectivity index (χ0n) is 21.6. The Morgan fingerprint density at radius 2 is 1.81 bits per heavy atom. The molecule has 1 atom stereocenters. The molecule has 0 bridgehead atoms. The summed E-state index contributed by atoms with van der Waals surface area (Å²) in [7, 11) is 3.27. The third kappa shape index (κ3) is 4.85. The van der Waals surface area contributed by atoms with Crippen LogP contribution in [-0.2, 0) is 14.3 Å². The summed E-state index contributed by atoms with van der Waals surface area (Å²) in [4.78, 5) is 15.9. The second-order valence-corrected chi connectivity index (χ2v) is 9.81. The Bertz CT molecular complexity index is 1150. The molecule has 2 fully saturated rings. The second kappa shape index (κ2) is 10.2. The molecule has 3 aliphatic heterocycles. The van der Waals surface area contributed by atoms with Crippen molar-refractivity contribution < 1.29 is 23.7 Å². The van der Waals surface area contributed by atoms with Gasteiger partial charge in [-0.25, -0.2) is 5.01 Å². The van der Waals surface area contributed by atoms with Gasteiger partial charge in [-0.15, -0.1) is 0 Å². The molecule has 36 heavy (non-hydrogen) atoms. The highest BCUT2D eigenvalue weighted by atomic mass is 16.7. The molecule has 0 radical (unpaired) electrons. The van der Waals surface area contributed by atoms with E-state index in [2.05, 4.69) is 36.9 Å². The van der Waals surface area contributed by atoms with E-state index in [4.69, 9.17) is 24.0 Å². The molecule has 2 aromatic carbocycles. The van der Waals surface area contributed by atoms with E-state index in [0.717, 1.165) is 48.3 Å². The first-order chi connectivity index (χ1) is 17.4. The fourth-order valence-electron chi connectivity index (χ4n) is 5.48. The van der Waals surface area contributed by atoms with Crippen molar-refractivity contribution in [2.24, 2.45) is 5.10 Å². The van der Waals surface area contributed by atoms with Crippen molar-refractivity contribution in [1.29, 1.82) is 0 Å². The molecule has 3 aliphatic rings. The van der Waals surface area contributed by atoms with Crippen LogP contribution in [0.4, 0.5) is 0 Å². The first kappa shape index (κ1) is 24.7. The van der Waals surface area contributed by atoms with E-state index in [1.165, 1.54) is 5.56 Å². The van der Waals surface area contributed by atoms with Crippen molar-refractivity contribution in [3.63, 3.8) is 0 Å². The Labute approximate surface area is 212 Å². The molecule has 2 saturated heterocycles. The quantitative estimate of drug-likeness (QED) is 0.609. The zero-order valence-corrected chi connectivity index (χ0v) is 21.6. The number of hydrazone groups is 1. The molecule has 0 aliphatic carbocycles. The normalized spacial score (nSPS) is 21.6. The molecule has 8 heteroatoms. The first-order valence-corrected chi connectivity index (χ1v) is 12.6. The van der Waals surface area contributed by atoms with Gasteiger partial charge in [0.25, 0.3) is 5.91 Å². The van der Waals surface area contributed by atoms with E-state index in [1.807, 2.05) is 18.2 Å². The fourth-order valence-corrected chi connectivity index (χ4v) is 5.48. The number of rotatable bonds is 6. The van der Waals surface area contributed by atoms with Gasteiger partial charge in [-0.2, -0.15) is 5.10 Å². The van der Waals surface area contributed by atoms with E-state index in [9.17, 15) is 4.79 Å². The van der Waals surface area contributed by atoms with E-state index in [0.29, 0.717) is 37.7 Å². The number of benzene rings is 2. The minimum Gasteiger partial charge on any atom is -0.497 e. The van der Waals surface area contributed by atoms with Crippen LogP contribution in [-0.4, -0.2) is 74.4 Å². The van der Waals surface area contributed by atoms with Crippen molar-refractivity contribution in [3.05, 3.63) is 58.7 Å². The Morgan fingerprint density at radius 1 is 1.06 bits per heavy atom. The molecule has 1 spiro atoms. The maximum atomic E-state index is 13.7. The third-order valence-electron chi connectivity index (χ3n) is 7.45. The number of amides is 1. The number of hydrogen-bond donors (Lipinski definition) is 0. The van der Waals surface area contributed by atoms with Crippen LogP contribution in [0.5, 0.6) is 11.5 Å². The second-order valence-electron chi connectivity index (χ2n) is 9.81. The number of piperidine rings is 1. The maximum Gasteiger partial charge on any atom is 0.257 e. The van der Waals surface area contributed by atoms with Gasteiger partial charge in [-0.1, -0.05) is 23.8 Å². The van der Waals surface area contributed by atoms with E-state index in [1.54, 1.807) is 19.2 Å². The van der Waals surface area contributed by atoms with Crippen LogP contribution < -0.4 is 9.47 Å². The van der Waals surface area contributed by atoms with Crippen molar-refractivity contribution in [1.82, 2.24) is 9.91 Å². The number of likely N-dealkylation sites (tertiary alicyclic amines) is 1. The predicted molar refractivity (Wildman–Crippen MR) is 137 cm³/mol. The minimum absolute atomic E-state index is 0.0261. The van der Waals surface area contributed by atoms with Gasteiger partial charge in [0.05, 0.1) is 45.7 Å². The number of hydrogen-bond acceptors (Lipinski definition) is 7. The minimum atomic E-state index is -0.458. The molecular weight excluding hydrogens is 458 g/mol. The van der Waals surface area contributed by atoms with Gasteiger partial charge < -0.3 is 18.9 Å². The standard InChI is InChI=1S/C28H35N3O5/c1-19-5-7-22(20(2)15-19)24-17-25(23-8-6-21(33-3)16-26(23)34-4)31(29-24)27(32)18-30-11-9-28(10-12-30)35-13-14-36-28/h5-8,15-16,25H,9-14,17-18H2,1-4H3/t25-/m0/s1. The number of nitrogens with zero attached hydrogens (tertiary/aromatic N) is 3. The van der Waals surface area contributed by atoms with E-state index < -0.39 is 5.79 Å². The summed E-state index contributed by atoms with van der Waals surface area (Å²) < 4.78 is 22.8. The van der Waals surface area contributed by atoms with Crippen LogP contribution in [0, 0.1) is 13.8 Å². The Morgan fingerprint density at radius 3 is 2.47 bits per heavy atom. The summed E-state index contributed by atoms with van der Waals surface area (Å²) in [6.07, 6.45) is 2.16. The van der Waals surface area contributed by atoms with Crippen molar-refractivity contribution in [3.8, 4) is 11.5 Å². The lowest BCUT2D eigenvalue weighted by atomic mass is 9.94. The van der Waals surface area contributed by atoms with Gasteiger partial charge in [0.2, 0.25) is 0 Å². The zero-order chi connectivity index (χ0) is 25.3. The average Bonchev–Trinajstić information content (AvgIpc) is 3.53. The molecule has 3 heterocycles. The predicted octanol–water partition coefficient (Wildman–Crippen LogP) is 3.84. The number of carbonyl (C=O) groups is 1. The average molecular weight is 494 g/mol. The molecular formula is C28H35N3O5. The van der Waals surface area contributed by atoms with Crippen molar-refractivity contribution in [2.45, 2.75) is 44.9 Å². The summed E-state index contributed by atoms with van der Waals surface area (Å²) in [6, 6.07) is 11.8. The van der Waals surface area contributed by atoms with Crippen LogP contribution in [0.2, 0.25) is 0 Å². The molecule has 0 N–H and O–H groups in total. The molecule has 8 nitrogen and oxygen atoms in total. The first-order valence-electron chi connectivity index (χ1n) is 12.6.